The van der Waals surface area contributed by atoms with Gasteiger partial charge in [0.05, 0.1) is 0 Å². The molecule has 2 fully saturated rings. The number of rotatable bonds is 4. The molecule has 0 unspecified atom stereocenters. The summed E-state index contributed by atoms with van der Waals surface area (Å²) in [7, 11) is 0. The summed E-state index contributed by atoms with van der Waals surface area (Å²) in [6.07, 6.45) is 5.46. The van der Waals surface area contributed by atoms with Crippen molar-refractivity contribution in [3.05, 3.63) is 35.4 Å². The fourth-order valence-corrected chi connectivity index (χ4v) is 4.40. The first-order valence-corrected chi connectivity index (χ1v) is 9.83. The summed E-state index contributed by atoms with van der Waals surface area (Å²) in [6.45, 7) is 2.35. The minimum atomic E-state index is -0.806. The zero-order valence-electron chi connectivity index (χ0n) is 15.5. The normalized spacial score (nSPS) is 21.9. The van der Waals surface area contributed by atoms with Crippen molar-refractivity contribution >= 4 is 17.8 Å². The van der Waals surface area contributed by atoms with E-state index in [0.717, 1.165) is 43.8 Å². The lowest BCUT2D eigenvalue weighted by Crippen LogP contribution is -2.51. The predicted octanol–water partition coefficient (Wildman–Crippen LogP) is 1.72. The summed E-state index contributed by atoms with van der Waals surface area (Å²) >= 11 is 0. The second-order valence-corrected chi connectivity index (χ2v) is 7.79. The summed E-state index contributed by atoms with van der Waals surface area (Å²) in [5.41, 5.74) is 4.38. The lowest BCUT2D eigenvalue weighted by Gasteiger charge is -2.30. The molecule has 1 aromatic rings. The molecule has 1 saturated heterocycles. The van der Waals surface area contributed by atoms with E-state index >= 15 is 0 Å². The highest BCUT2D eigenvalue weighted by Crippen LogP contribution is 2.33. The first-order chi connectivity index (χ1) is 13.1. The lowest BCUT2D eigenvalue weighted by molar-refractivity contribution is -0.140. The van der Waals surface area contributed by atoms with Gasteiger partial charge in [-0.1, -0.05) is 43.5 Å². The van der Waals surface area contributed by atoms with Crippen LogP contribution in [-0.2, 0) is 22.6 Å². The van der Waals surface area contributed by atoms with E-state index in [1.54, 1.807) is 0 Å². The van der Waals surface area contributed by atoms with Crippen LogP contribution in [-0.4, -0.2) is 46.4 Å². The number of fused-ring (bicyclic) bond motifs is 1. The molecule has 1 aliphatic carbocycles. The second kappa shape index (κ2) is 7.31. The van der Waals surface area contributed by atoms with Gasteiger partial charge in [-0.2, -0.15) is 5.01 Å². The maximum atomic E-state index is 12.7. The third-order valence-corrected chi connectivity index (χ3v) is 5.97. The molecule has 2 N–H and O–H groups in total. The fourth-order valence-electron chi connectivity index (χ4n) is 4.40. The number of nitrogens with one attached hydrogen (secondary N) is 2. The number of hydrogen-bond donors (Lipinski definition) is 2. The lowest BCUT2D eigenvalue weighted by atomic mass is 9.82. The molecule has 0 aromatic heterocycles. The molecule has 1 aromatic carbocycles. The molecule has 7 heteroatoms. The van der Waals surface area contributed by atoms with Crippen LogP contribution in [0.25, 0.3) is 0 Å². The third kappa shape index (κ3) is 3.56. The molecule has 1 saturated carbocycles. The predicted molar refractivity (Wildman–Crippen MR) is 99.4 cm³/mol. The highest BCUT2D eigenvalue weighted by Gasteiger charge is 2.52. The average Bonchev–Trinajstić information content (AvgIpc) is 2.90. The molecular weight excluding hydrogens is 344 g/mol. The van der Waals surface area contributed by atoms with Gasteiger partial charge in [-0.3, -0.25) is 19.9 Å². The van der Waals surface area contributed by atoms with Crippen molar-refractivity contribution in [2.75, 3.05) is 13.1 Å². The van der Waals surface area contributed by atoms with Gasteiger partial charge >= 0.3 is 6.03 Å². The number of imide groups is 1. The van der Waals surface area contributed by atoms with Crippen molar-refractivity contribution in [2.45, 2.75) is 57.0 Å². The summed E-state index contributed by atoms with van der Waals surface area (Å²) in [4.78, 5) is 39.5. The van der Waals surface area contributed by atoms with Crippen LogP contribution in [0.3, 0.4) is 0 Å². The Morgan fingerprint density at radius 1 is 1.11 bits per heavy atom. The first kappa shape index (κ1) is 18.0. The molecule has 1 spiro atoms. The van der Waals surface area contributed by atoms with Gasteiger partial charge in [0.1, 0.15) is 5.54 Å². The Morgan fingerprint density at radius 3 is 2.63 bits per heavy atom. The monoisotopic (exact) mass is 370 g/mol. The van der Waals surface area contributed by atoms with Gasteiger partial charge in [0.25, 0.3) is 5.91 Å². The van der Waals surface area contributed by atoms with E-state index in [0.29, 0.717) is 19.4 Å². The second-order valence-electron chi connectivity index (χ2n) is 7.79. The Hall–Kier alpha value is -2.41. The molecule has 4 amide bonds. The van der Waals surface area contributed by atoms with E-state index in [1.165, 1.54) is 11.1 Å². The largest absolute Gasteiger partial charge is 0.344 e. The SMILES string of the molecule is O=C(CCN1CCc2ccccc2C1)NN1C(=O)NC2(CCCCC2)C1=O. The Bertz CT molecular complexity index is 757. The van der Waals surface area contributed by atoms with Crippen molar-refractivity contribution in [1.82, 2.24) is 20.7 Å². The minimum Gasteiger partial charge on any atom is -0.322 e. The summed E-state index contributed by atoms with van der Waals surface area (Å²) < 4.78 is 0. The Kier molecular flexibility index (Phi) is 4.86. The molecule has 27 heavy (non-hydrogen) atoms. The quantitative estimate of drug-likeness (QED) is 0.791. The van der Waals surface area contributed by atoms with Crippen LogP contribution < -0.4 is 10.7 Å². The smallest absolute Gasteiger partial charge is 0.322 e. The molecule has 0 radical (unpaired) electrons. The Balaban J connectivity index is 1.30. The van der Waals surface area contributed by atoms with Gasteiger partial charge in [-0.15, -0.1) is 0 Å². The number of carbonyl (C=O) groups is 3. The average molecular weight is 370 g/mol. The van der Waals surface area contributed by atoms with Crippen LogP contribution in [0.4, 0.5) is 4.79 Å². The number of nitrogens with zero attached hydrogens (tertiary/aromatic N) is 2. The molecule has 0 bridgehead atoms. The van der Waals surface area contributed by atoms with Crippen molar-refractivity contribution < 1.29 is 14.4 Å². The van der Waals surface area contributed by atoms with Crippen LogP contribution >= 0.6 is 0 Å². The highest BCUT2D eigenvalue weighted by molar-refractivity contribution is 6.08. The van der Waals surface area contributed by atoms with E-state index in [9.17, 15) is 14.4 Å². The maximum absolute atomic E-state index is 12.7. The third-order valence-electron chi connectivity index (χ3n) is 5.97. The number of amides is 4. The molecular formula is C20H26N4O3. The van der Waals surface area contributed by atoms with Gasteiger partial charge < -0.3 is 5.32 Å². The van der Waals surface area contributed by atoms with Gasteiger partial charge in [0.2, 0.25) is 5.91 Å². The van der Waals surface area contributed by atoms with E-state index in [-0.39, 0.29) is 18.2 Å². The molecule has 0 atom stereocenters. The topological polar surface area (TPSA) is 81.8 Å². The molecule has 7 nitrogen and oxygen atoms in total. The number of benzene rings is 1. The number of urea groups is 1. The number of carbonyl (C=O) groups excluding carboxylic acids is 3. The molecule has 3 aliphatic rings. The van der Waals surface area contributed by atoms with Crippen LogP contribution in [0.5, 0.6) is 0 Å². The zero-order chi connectivity index (χ0) is 18.9. The summed E-state index contributed by atoms with van der Waals surface area (Å²) in [5, 5.41) is 3.69. The van der Waals surface area contributed by atoms with E-state index in [4.69, 9.17) is 0 Å². The number of hydrogen-bond acceptors (Lipinski definition) is 4. The van der Waals surface area contributed by atoms with Gasteiger partial charge in [-0.05, 0) is 30.4 Å². The Morgan fingerprint density at radius 2 is 1.85 bits per heavy atom. The van der Waals surface area contributed by atoms with Crippen LogP contribution in [0, 0.1) is 0 Å². The van der Waals surface area contributed by atoms with Gasteiger partial charge in [0.15, 0.2) is 0 Å². The summed E-state index contributed by atoms with van der Waals surface area (Å²) in [6, 6.07) is 7.85. The fraction of sp³-hybridized carbons (Fsp3) is 0.550. The van der Waals surface area contributed by atoms with E-state index < -0.39 is 11.6 Å². The van der Waals surface area contributed by atoms with Crippen LogP contribution in [0.2, 0.25) is 0 Å². The maximum Gasteiger partial charge on any atom is 0.344 e. The van der Waals surface area contributed by atoms with Gasteiger partial charge in [0, 0.05) is 26.1 Å². The standard InChI is InChI=1S/C20H26N4O3/c25-17(9-13-23-12-8-15-6-2-3-7-16(15)14-23)22-24-18(26)20(21-19(24)27)10-4-1-5-11-20/h2-3,6-7H,1,4-5,8-14H2,(H,21,27)(H,22,25). The van der Waals surface area contributed by atoms with Crippen molar-refractivity contribution in [3.63, 3.8) is 0 Å². The van der Waals surface area contributed by atoms with Crippen molar-refractivity contribution in [1.29, 1.82) is 0 Å². The first-order valence-electron chi connectivity index (χ1n) is 9.83. The van der Waals surface area contributed by atoms with Crippen molar-refractivity contribution in [3.8, 4) is 0 Å². The van der Waals surface area contributed by atoms with Gasteiger partial charge in [-0.25, -0.2) is 4.79 Å². The van der Waals surface area contributed by atoms with E-state index in [1.807, 2.05) is 6.07 Å². The minimum absolute atomic E-state index is 0.256. The molecule has 2 aliphatic heterocycles. The highest BCUT2D eigenvalue weighted by atomic mass is 16.2. The zero-order valence-corrected chi connectivity index (χ0v) is 15.5. The molecule has 2 heterocycles. The molecule has 4 rings (SSSR count). The number of hydrazine groups is 1. The van der Waals surface area contributed by atoms with E-state index in [2.05, 4.69) is 33.8 Å². The van der Waals surface area contributed by atoms with Crippen molar-refractivity contribution in [2.24, 2.45) is 0 Å². The summed E-state index contributed by atoms with van der Waals surface area (Å²) in [5.74, 6) is -0.613. The van der Waals surface area contributed by atoms with Crippen LogP contribution in [0.1, 0.15) is 49.7 Å². The Labute approximate surface area is 159 Å². The van der Waals surface area contributed by atoms with Crippen LogP contribution in [0.15, 0.2) is 24.3 Å². The molecule has 144 valence electrons.